The molecule has 0 spiro atoms. The van der Waals surface area contributed by atoms with Crippen molar-refractivity contribution in [2.24, 2.45) is 5.92 Å². The number of hydrogen-bond acceptors (Lipinski definition) is 2. The summed E-state index contributed by atoms with van der Waals surface area (Å²) >= 11 is 5.02. The second-order valence-corrected chi connectivity index (χ2v) is 4.83. The van der Waals surface area contributed by atoms with E-state index in [1.165, 1.54) is 0 Å². The number of carbonyl (C=O) groups excluding carboxylic acids is 1. The molecule has 0 saturated carbocycles. The third kappa shape index (κ3) is 3.08. The summed E-state index contributed by atoms with van der Waals surface area (Å²) in [6.45, 7) is 3.80. The van der Waals surface area contributed by atoms with Gasteiger partial charge in [-0.15, -0.1) is 11.3 Å². The van der Waals surface area contributed by atoms with Crippen molar-refractivity contribution in [3.8, 4) is 0 Å². The summed E-state index contributed by atoms with van der Waals surface area (Å²) < 4.78 is 1.05. The molecule has 0 aliphatic rings. The molecule has 0 aromatic carbocycles. The summed E-state index contributed by atoms with van der Waals surface area (Å²) in [6, 6.07) is 1.98. The predicted molar refractivity (Wildman–Crippen MR) is 60.9 cm³/mol. The molecule has 1 heterocycles. The maximum absolute atomic E-state index is 11.3. The first-order chi connectivity index (χ1) is 6.11. The van der Waals surface area contributed by atoms with Crippen molar-refractivity contribution in [3.63, 3.8) is 0 Å². The van der Waals surface area contributed by atoms with E-state index in [2.05, 4.69) is 15.9 Å². The monoisotopic (exact) mass is 258 g/mol. The van der Waals surface area contributed by atoms with Crippen LogP contribution >= 0.6 is 27.3 Å². The standard InChI is InChI=1S/C10H11BrOS/c1-7(2)9(12)3-4-10-8(11)5-6-13-10/h3-7H,1-2H3/b4-3+. The fourth-order valence-electron chi connectivity index (χ4n) is 0.775. The highest BCUT2D eigenvalue weighted by Gasteiger charge is 2.02. The van der Waals surface area contributed by atoms with Crippen LogP contribution in [0.5, 0.6) is 0 Å². The zero-order chi connectivity index (χ0) is 9.84. The maximum atomic E-state index is 11.3. The van der Waals surface area contributed by atoms with Crippen LogP contribution in [0.1, 0.15) is 18.7 Å². The van der Waals surface area contributed by atoms with Crippen LogP contribution in [-0.4, -0.2) is 5.78 Å². The van der Waals surface area contributed by atoms with Gasteiger partial charge in [0.1, 0.15) is 0 Å². The molecule has 3 heteroatoms. The third-order valence-electron chi connectivity index (χ3n) is 1.61. The molecule has 1 rings (SSSR count). The van der Waals surface area contributed by atoms with Crippen LogP contribution in [0.4, 0.5) is 0 Å². The second kappa shape index (κ2) is 4.72. The van der Waals surface area contributed by atoms with E-state index in [-0.39, 0.29) is 11.7 Å². The summed E-state index contributed by atoms with van der Waals surface area (Å²) in [5, 5.41) is 1.99. The molecule has 70 valence electrons. The lowest BCUT2D eigenvalue weighted by Gasteiger charge is -1.95. The van der Waals surface area contributed by atoms with E-state index in [1.54, 1.807) is 17.4 Å². The van der Waals surface area contributed by atoms with Crippen LogP contribution in [0, 0.1) is 5.92 Å². The lowest BCUT2D eigenvalue weighted by molar-refractivity contribution is -0.117. The summed E-state index contributed by atoms with van der Waals surface area (Å²) in [7, 11) is 0. The maximum Gasteiger partial charge on any atom is 0.158 e. The average molecular weight is 259 g/mol. The first-order valence-corrected chi connectivity index (χ1v) is 5.73. The molecule has 0 amide bonds. The molecule has 0 atom stereocenters. The van der Waals surface area contributed by atoms with E-state index in [4.69, 9.17) is 0 Å². The fourth-order valence-corrected chi connectivity index (χ4v) is 2.17. The Bertz CT molecular complexity index is 325. The first-order valence-electron chi connectivity index (χ1n) is 4.06. The number of hydrogen-bond donors (Lipinski definition) is 0. The van der Waals surface area contributed by atoms with Gasteiger partial charge >= 0.3 is 0 Å². The van der Waals surface area contributed by atoms with Crippen LogP contribution in [0.3, 0.4) is 0 Å². The Morgan fingerprint density at radius 1 is 1.62 bits per heavy atom. The predicted octanol–water partition coefficient (Wildman–Crippen LogP) is 3.75. The van der Waals surface area contributed by atoms with E-state index in [0.29, 0.717) is 0 Å². The highest BCUT2D eigenvalue weighted by Crippen LogP contribution is 2.23. The number of thiophene rings is 1. The highest BCUT2D eigenvalue weighted by atomic mass is 79.9. The number of allylic oxidation sites excluding steroid dienone is 1. The Balaban J connectivity index is 2.69. The van der Waals surface area contributed by atoms with E-state index < -0.39 is 0 Å². The molecular formula is C10H11BrOS. The van der Waals surface area contributed by atoms with Gasteiger partial charge in [-0.3, -0.25) is 4.79 Å². The van der Waals surface area contributed by atoms with Crippen molar-refractivity contribution in [2.75, 3.05) is 0 Å². The van der Waals surface area contributed by atoms with Crippen molar-refractivity contribution in [1.29, 1.82) is 0 Å². The van der Waals surface area contributed by atoms with Crippen LogP contribution in [0.15, 0.2) is 22.0 Å². The largest absolute Gasteiger partial charge is 0.295 e. The molecular weight excluding hydrogens is 248 g/mol. The van der Waals surface area contributed by atoms with Gasteiger partial charge in [-0.2, -0.15) is 0 Å². The lowest BCUT2D eigenvalue weighted by atomic mass is 10.1. The summed E-state index contributed by atoms with van der Waals surface area (Å²) in [5.41, 5.74) is 0. The van der Waals surface area contributed by atoms with Gasteiger partial charge in [0.2, 0.25) is 0 Å². The number of halogens is 1. The molecule has 0 radical (unpaired) electrons. The normalized spacial score (nSPS) is 11.4. The SMILES string of the molecule is CC(C)C(=O)/C=C/c1sccc1Br. The number of carbonyl (C=O) groups is 1. The molecule has 0 unspecified atom stereocenters. The van der Waals surface area contributed by atoms with E-state index in [9.17, 15) is 4.79 Å². The van der Waals surface area contributed by atoms with Gasteiger partial charge < -0.3 is 0 Å². The minimum absolute atomic E-state index is 0.0787. The average Bonchev–Trinajstić information content (AvgIpc) is 2.47. The number of ketones is 1. The van der Waals surface area contributed by atoms with Gasteiger partial charge in [-0.1, -0.05) is 13.8 Å². The Labute approximate surface area is 90.6 Å². The molecule has 0 fully saturated rings. The Morgan fingerprint density at radius 3 is 2.77 bits per heavy atom. The fraction of sp³-hybridized carbons (Fsp3) is 0.300. The Kier molecular flexibility index (Phi) is 3.88. The van der Waals surface area contributed by atoms with Crippen molar-refractivity contribution in [1.82, 2.24) is 0 Å². The second-order valence-electron chi connectivity index (χ2n) is 3.02. The Morgan fingerprint density at radius 2 is 2.31 bits per heavy atom. The molecule has 1 nitrogen and oxygen atoms in total. The molecule has 0 N–H and O–H groups in total. The van der Waals surface area contributed by atoms with Crippen molar-refractivity contribution < 1.29 is 4.79 Å². The zero-order valence-electron chi connectivity index (χ0n) is 7.58. The minimum atomic E-state index is 0.0787. The van der Waals surface area contributed by atoms with Crippen LogP contribution in [-0.2, 0) is 4.79 Å². The minimum Gasteiger partial charge on any atom is -0.295 e. The lowest BCUT2D eigenvalue weighted by Crippen LogP contribution is -2.01. The van der Waals surface area contributed by atoms with Crippen LogP contribution in [0.25, 0.3) is 6.08 Å². The van der Waals surface area contributed by atoms with Gasteiger partial charge in [0.25, 0.3) is 0 Å². The van der Waals surface area contributed by atoms with Gasteiger partial charge in [0, 0.05) is 15.3 Å². The number of rotatable bonds is 3. The molecule has 0 saturated heterocycles. The van der Waals surface area contributed by atoms with Crippen molar-refractivity contribution in [3.05, 3.63) is 26.9 Å². The van der Waals surface area contributed by atoms with Crippen LogP contribution in [0.2, 0.25) is 0 Å². The van der Waals surface area contributed by atoms with E-state index in [0.717, 1.165) is 9.35 Å². The first kappa shape index (κ1) is 10.7. The zero-order valence-corrected chi connectivity index (χ0v) is 9.98. The topological polar surface area (TPSA) is 17.1 Å². The summed E-state index contributed by atoms with van der Waals surface area (Å²) in [5.74, 6) is 0.246. The van der Waals surface area contributed by atoms with E-state index in [1.807, 2.05) is 31.4 Å². The van der Waals surface area contributed by atoms with Gasteiger partial charge in [-0.05, 0) is 39.5 Å². The quantitative estimate of drug-likeness (QED) is 0.755. The van der Waals surface area contributed by atoms with Crippen LogP contribution < -0.4 is 0 Å². The summed E-state index contributed by atoms with van der Waals surface area (Å²) in [4.78, 5) is 12.3. The third-order valence-corrected chi connectivity index (χ3v) is 3.45. The molecule has 0 aliphatic heterocycles. The molecule has 0 aliphatic carbocycles. The Hall–Kier alpha value is -0.410. The summed E-state index contributed by atoms with van der Waals surface area (Å²) in [6.07, 6.45) is 3.50. The van der Waals surface area contributed by atoms with E-state index >= 15 is 0 Å². The highest BCUT2D eigenvalue weighted by molar-refractivity contribution is 9.10. The van der Waals surface area contributed by atoms with Gasteiger partial charge in [-0.25, -0.2) is 0 Å². The molecule has 13 heavy (non-hydrogen) atoms. The van der Waals surface area contributed by atoms with Crippen molar-refractivity contribution in [2.45, 2.75) is 13.8 Å². The molecule has 0 bridgehead atoms. The van der Waals surface area contributed by atoms with Crippen molar-refractivity contribution >= 4 is 39.1 Å². The molecule has 1 aromatic rings. The van der Waals surface area contributed by atoms with Gasteiger partial charge in [0.05, 0.1) is 0 Å². The molecule has 1 aromatic heterocycles. The van der Waals surface area contributed by atoms with Gasteiger partial charge in [0.15, 0.2) is 5.78 Å². The smallest absolute Gasteiger partial charge is 0.158 e.